The maximum absolute atomic E-state index is 13.1. The predicted molar refractivity (Wildman–Crippen MR) is 104 cm³/mol. The van der Waals surface area contributed by atoms with Crippen LogP contribution >= 0.6 is 0 Å². The summed E-state index contributed by atoms with van der Waals surface area (Å²) < 4.78 is 39.2. The highest BCUT2D eigenvalue weighted by atomic mass is 19.4. The summed E-state index contributed by atoms with van der Waals surface area (Å²) in [6, 6.07) is 12.1. The predicted octanol–water partition coefficient (Wildman–Crippen LogP) is 3.53. The minimum Gasteiger partial charge on any atom is -0.319 e. The van der Waals surface area contributed by atoms with Gasteiger partial charge < -0.3 is 10.2 Å². The van der Waals surface area contributed by atoms with Crippen LogP contribution in [0, 0.1) is 0 Å². The summed E-state index contributed by atoms with van der Waals surface area (Å²) in [5, 5.41) is 2.43. The molecule has 30 heavy (non-hydrogen) atoms. The maximum Gasteiger partial charge on any atom is 0.416 e. The van der Waals surface area contributed by atoms with Gasteiger partial charge in [-0.25, -0.2) is 4.79 Å². The van der Waals surface area contributed by atoms with Crippen molar-refractivity contribution in [2.75, 3.05) is 18.0 Å². The Morgan fingerprint density at radius 2 is 1.77 bits per heavy atom. The van der Waals surface area contributed by atoms with Crippen LogP contribution in [0.1, 0.15) is 25.0 Å². The van der Waals surface area contributed by atoms with E-state index in [2.05, 4.69) is 5.32 Å². The number of urea groups is 1. The number of anilines is 1. The molecular formula is C21H20F3N3O3. The van der Waals surface area contributed by atoms with Gasteiger partial charge in [-0.3, -0.25) is 14.5 Å². The first-order valence-corrected chi connectivity index (χ1v) is 9.25. The summed E-state index contributed by atoms with van der Waals surface area (Å²) in [6.45, 7) is 2.87. The molecule has 4 amide bonds. The fraction of sp³-hybridized carbons (Fsp3) is 0.286. The lowest BCUT2D eigenvalue weighted by atomic mass is 9.90. The van der Waals surface area contributed by atoms with Crippen LogP contribution in [-0.2, 0) is 21.3 Å². The molecule has 2 aromatic rings. The molecule has 3 rings (SSSR count). The average Bonchev–Trinajstić information content (AvgIpc) is 2.93. The Balaban J connectivity index is 1.85. The Bertz CT molecular complexity index is 978. The van der Waals surface area contributed by atoms with Crippen LogP contribution in [0.5, 0.6) is 0 Å². The topological polar surface area (TPSA) is 69.7 Å². The highest BCUT2D eigenvalue weighted by molar-refractivity contribution is 6.10. The van der Waals surface area contributed by atoms with Crippen molar-refractivity contribution in [3.05, 3.63) is 65.7 Å². The highest BCUT2D eigenvalue weighted by Gasteiger charge is 2.50. The maximum atomic E-state index is 13.1. The molecule has 2 aromatic carbocycles. The van der Waals surface area contributed by atoms with E-state index in [1.165, 1.54) is 24.0 Å². The minimum atomic E-state index is -4.59. The van der Waals surface area contributed by atoms with Crippen LogP contribution in [0.25, 0.3) is 0 Å². The Hall–Kier alpha value is -3.36. The Kier molecular flexibility index (Phi) is 5.56. The molecule has 1 saturated heterocycles. The zero-order valence-electron chi connectivity index (χ0n) is 16.4. The monoisotopic (exact) mass is 419 g/mol. The molecule has 1 N–H and O–H groups in total. The van der Waals surface area contributed by atoms with Crippen molar-refractivity contribution < 1.29 is 27.6 Å². The lowest BCUT2D eigenvalue weighted by Crippen LogP contribution is -2.44. The second-order valence-corrected chi connectivity index (χ2v) is 7.00. The van der Waals surface area contributed by atoms with Crippen LogP contribution in [-0.4, -0.2) is 35.8 Å². The van der Waals surface area contributed by atoms with Crippen LogP contribution in [0.4, 0.5) is 23.7 Å². The lowest BCUT2D eigenvalue weighted by molar-refractivity contribution is -0.138. The fourth-order valence-corrected chi connectivity index (χ4v) is 3.37. The number of alkyl halides is 3. The van der Waals surface area contributed by atoms with Crippen molar-refractivity contribution >= 4 is 23.5 Å². The van der Waals surface area contributed by atoms with E-state index in [1.807, 2.05) is 0 Å². The number of nitrogens with zero attached hydrogens (tertiary/aromatic N) is 2. The summed E-state index contributed by atoms with van der Waals surface area (Å²) in [5.41, 5.74) is -2.04. The average molecular weight is 419 g/mol. The van der Waals surface area contributed by atoms with Gasteiger partial charge in [0, 0.05) is 12.2 Å². The van der Waals surface area contributed by atoms with E-state index < -0.39 is 41.7 Å². The molecule has 1 heterocycles. The van der Waals surface area contributed by atoms with Gasteiger partial charge in [0.05, 0.1) is 5.56 Å². The van der Waals surface area contributed by atoms with E-state index in [0.29, 0.717) is 12.2 Å². The first-order valence-electron chi connectivity index (χ1n) is 9.25. The van der Waals surface area contributed by atoms with E-state index in [9.17, 15) is 27.6 Å². The Morgan fingerprint density at radius 3 is 2.37 bits per heavy atom. The number of hydrogen-bond acceptors (Lipinski definition) is 3. The zero-order valence-corrected chi connectivity index (χ0v) is 16.4. The third-order valence-corrected chi connectivity index (χ3v) is 5.02. The molecule has 0 saturated carbocycles. The normalized spacial score (nSPS) is 19.0. The smallest absolute Gasteiger partial charge is 0.319 e. The summed E-state index contributed by atoms with van der Waals surface area (Å²) in [4.78, 5) is 40.3. The molecule has 1 aliphatic heterocycles. The quantitative estimate of drug-likeness (QED) is 0.754. The van der Waals surface area contributed by atoms with Crippen LogP contribution in [0.2, 0.25) is 0 Å². The molecule has 0 aromatic heterocycles. The molecular weight excluding hydrogens is 399 g/mol. The number of imide groups is 1. The SMILES string of the molecule is CCN(C(=O)CN1C(=O)N[C@](C)(c2cccc(C(F)(F)F)c2)C1=O)c1ccccc1. The van der Waals surface area contributed by atoms with Crippen molar-refractivity contribution in [3.63, 3.8) is 0 Å². The molecule has 1 fully saturated rings. The van der Waals surface area contributed by atoms with Gasteiger partial charge in [-0.15, -0.1) is 0 Å². The van der Waals surface area contributed by atoms with Crippen LogP contribution < -0.4 is 10.2 Å². The van der Waals surface area contributed by atoms with Gasteiger partial charge >= 0.3 is 12.2 Å². The number of halogens is 3. The summed E-state index contributed by atoms with van der Waals surface area (Å²) in [6.07, 6.45) is -4.59. The third-order valence-electron chi connectivity index (χ3n) is 5.02. The second-order valence-electron chi connectivity index (χ2n) is 7.00. The molecule has 6 nitrogen and oxygen atoms in total. The Labute approximate surface area is 171 Å². The highest BCUT2D eigenvalue weighted by Crippen LogP contribution is 2.34. The number of benzene rings is 2. The zero-order chi connectivity index (χ0) is 22.1. The first kappa shape index (κ1) is 21.4. The number of carbonyl (C=O) groups excluding carboxylic acids is 3. The van der Waals surface area contributed by atoms with Gasteiger partial charge in [0.2, 0.25) is 5.91 Å². The third kappa shape index (κ3) is 3.87. The lowest BCUT2D eigenvalue weighted by Gasteiger charge is -2.25. The van der Waals surface area contributed by atoms with E-state index in [4.69, 9.17) is 0 Å². The summed E-state index contributed by atoms with van der Waals surface area (Å²) in [7, 11) is 0. The molecule has 1 aliphatic rings. The molecule has 0 spiro atoms. The number of carbonyl (C=O) groups is 3. The van der Waals surface area contributed by atoms with Crippen LogP contribution in [0.3, 0.4) is 0 Å². The van der Waals surface area contributed by atoms with E-state index in [0.717, 1.165) is 17.0 Å². The summed E-state index contributed by atoms with van der Waals surface area (Å²) in [5.74, 6) is -1.27. The summed E-state index contributed by atoms with van der Waals surface area (Å²) >= 11 is 0. The van der Waals surface area contributed by atoms with Gasteiger partial charge in [-0.1, -0.05) is 30.3 Å². The van der Waals surface area contributed by atoms with Crippen LogP contribution in [0.15, 0.2) is 54.6 Å². The fourth-order valence-electron chi connectivity index (χ4n) is 3.37. The molecule has 0 bridgehead atoms. The Morgan fingerprint density at radius 1 is 1.10 bits per heavy atom. The van der Waals surface area contributed by atoms with Crippen molar-refractivity contribution in [3.8, 4) is 0 Å². The first-order chi connectivity index (χ1) is 14.1. The van der Waals surface area contributed by atoms with Crippen molar-refractivity contribution in [1.82, 2.24) is 10.2 Å². The number of amides is 4. The van der Waals surface area contributed by atoms with Crippen molar-refractivity contribution in [2.24, 2.45) is 0 Å². The van der Waals surface area contributed by atoms with E-state index in [-0.39, 0.29) is 5.56 Å². The molecule has 0 unspecified atom stereocenters. The van der Waals surface area contributed by atoms with E-state index in [1.54, 1.807) is 37.3 Å². The largest absolute Gasteiger partial charge is 0.416 e. The van der Waals surface area contributed by atoms with Gasteiger partial charge in [-0.2, -0.15) is 13.2 Å². The number of nitrogens with one attached hydrogen (secondary N) is 1. The standard InChI is InChI=1S/C21H20F3N3O3/c1-3-26(16-10-5-4-6-11-16)17(28)13-27-18(29)20(2,25-19(27)30)14-8-7-9-15(12-14)21(22,23)24/h4-12H,3,13H2,1-2H3,(H,25,30)/t20-/m1/s1. The van der Waals surface area contributed by atoms with Gasteiger partial charge in [0.15, 0.2) is 0 Å². The number of hydrogen-bond donors (Lipinski definition) is 1. The van der Waals surface area contributed by atoms with Gasteiger partial charge in [0.1, 0.15) is 12.1 Å². The van der Waals surface area contributed by atoms with Gasteiger partial charge in [0.25, 0.3) is 5.91 Å². The molecule has 1 atom stereocenters. The molecule has 9 heteroatoms. The van der Waals surface area contributed by atoms with Crippen molar-refractivity contribution in [2.45, 2.75) is 25.6 Å². The second kappa shape index (κ2) is 7.81. The molecule has 0 radical (unpaired) electrons. The number of rotatable bonds is 5. The van der Waals surface area contributed by atoms with Crippen molar-refractivity contribution in [1.29, 1.82) is 0 Å². The number of likely N-dealkylation sites (N-methyl/N-ethyl adjacent to an activating group) is 1. The molecule has 0 aliphatic carbocycles. The van der Waals surface area contributed by atoms with E-state index >= 15 is 0 Å². The minimum absolute atomic E-state index is 0.0129. The molecule has 158 valence electrons. The number of para-hydroxylation sites is 1. The van der Waals surface area contributed by atoms with Gasteiger partial charge in [-0.05, 0) is 43.7 Å².